The first-order valence-electron chi connectivity index (χ1n) is 6.71. The summed E-state index contributed by atoms with van der Waals surface area (Å²) in [5.74, 6) is -1.45. The molecule has 114 valence electrons. The lowest BCUT2D eigenvalue weighted by Crippen LogP contribution is -2.35. The van der Waals surface area contributed by atoms with Gasteiger partial charge in [0.05, 0.1) is 12.2 Å². The van der Waals surface area contributed by atoms with E-state index in [4.69, 9.17) is 4.74 Å². The number of carbonyl (C=O) groups excluding carboxylic acids is 2. The van der Waals surface area contributed by atoms with Crippen molar-refractivity contribution >= 4 is 32.7 Å². The van der Waals surface area contributed by atoms with Crippen LogP contribution in [0.5, 0.6) is 0 Å². The molecule has 1 heterocycles. The Labute approximate surface area is 127 Å². The summed E-state index contributed by atoms with van der Waals surface area (Å²) in [6, 6.07) is 10.1. The van der Waals surface area contributed by atoms with Crippen LogP contribution in [0.2, 0.25) is 0 Å². The van der Waals surface area contributed by atoms with Crippen molar-refractivity contribution in [2.24, 2.45) is 0 Å². The minimum Gasteiger partial charge on any atom is -0.465 e. The summed E-state index contributed by atoms with van der Waals surface area (Å²) in [4.78, 5) is 24.0. The van der Waals surface area contributed by atoms with Crippen LogP contribution in [0.25, 0.3) is 10.8 Å². The highest BCUT2D eigenvalue weighted by molar-refractivity contribution is 7.90. The van der Waals surface area contributed by atoms with Crippen LogP contribution in [0, 0.1) is 0 Å². The Kier molecular flexibility index (Phi) is 3.37. The molecule has 0 atom stereocenters. The molecule has 6 nitrogen and oxygen atoms in total. The minimum atomic E-state index is -4.02. The highest BCUT2D eigenvalue weighted by atomic mass is 32.2. The third-order valence-electron chi connectivity index (χ3n) is 3.48. The average molecular weight is 319 g/mol. The molecule has 0 fully saturated rings. The lowest BCUT2D eigenvalue weighted by Gasteiger charge is -2.13. The monoisotopic (exact) mass is 319 g/mol. The molecule has 0 saturated carbocycles. The van der Waals surface area contributed by atoms with Gasteiger partial charge < -0.3 is 4.74 Å². The van der Waals surface area contributed by atoms with E-state index >= 15 is 0 Å². The number of esters is 1. The van der Waals surface area contributed by atoms with Gasteiger partial charge in [0.2, 0.25) is 0 Å². The average Bonchev–Trinajstić information content (AvgIpc) is 2.68. The van der Waals surface area contributed by atoms with Crippen molar-refractivity contribution in [3.63, 3.8) is 0 Å². The molecule has 0 spiro atoms. The molecule has 0 saturated heterocycles. The molecule has 1 amide bonds. The molecule has 2 aromatic carbocycles. The number of sulfonamides is 1. The van der Waals surface area contributed by atoms with Gasteiger partial charge in [-0.05, 0) is 23.8 Å². The highest BCUT2D eigenvalue weighted by Crippen LogP contribution is 2.35. The second kappa shape index (κ2) is 5.10. The van der Waals surface area contributed by atoms with Crippen LogP contribution >= 0.6 is 0 Å². The van der Waals surface area contributed by atoms with Gasteiger partial charge in [-0.1, -0.05) is 30.3 Å². The summed E-state index contributed by atoms with van der Waals surface area (Å²) in [6.45, 7) is 1.12. The molecule has 2 aromatic rings. The molecule has 0 N–H and O–H groups in total. The summed E-state index contributed by atoms with van der Waals surface area (Å²) in [6.07, 6.45) is 0. The predicted molar refractivity (Wildman–Crippen MR) is 78.8 cm³/mol. The smallest absolute Gasteiger partial charge is 0.326 e. The van der Waals surface area contributed by atoms with Gasteiger partial charge in [0.1, 0.15) is 11.4 Å². The van der Waals surface area contributed by atoms with Crippen molar-refractivity contribution < 1.29 is 22.7 Å². The lowest BCUT2D eigenvalue weighted by atomic mass is 10.0. The number of nitrogens with zero attached hydrogens (tertiary/aromatic N) is 1. The van der Waals surface area contributed by atoms with E-state index in [-0.39, 0.29) is 17.1 Å². The molecule has 3 rings (SSSR count). The molecule has 0 aliphatic carbocycles. The first-order valence-corrected chi connectivity index (χ1v) is 8.15. The zero-order valence-corrected chi connectivity index (χ0v) is 12.6. The number of rotatable bonds is 3. The Hall–Kier alpha value is -2.41. The van der Waals surface area contributed by atoms with Crippen LogP contribution in [-0.2, 0) is 19.6 Å². The van der Waals surface area contributed by atoms with Gasteiger partial charge in [0.25, 0.3) is 15.9 Å². The van der Waals surface area contributed by atoms with E-state index in [1.165, 1.54) is 6.07 Å². The maximum Gasteiger partial charge on any atom is 0.326 e. The topological polar surface area (TPSA) is 80.8 Å². The molecule has 0 aromatic heterocycles. The Balaban J connectivity index is 2.14. The van der Waals surface area contributed by atoms with Crippen molar-refractivity contribution in [2.45, 2.75) is 11.8 Å². The van der Waals surface area contributed by atoms with E-state index < -0.39 is 28.4 Å². The Morgan fingerprint density at radius 2 is 1.91 bits per heavy atom. The molecule has 0 unspecified atom stereocenters. The molecule has 1 aliphatic heterocycles. The van der Waals surface area contributed by atoms with Gasteiger partial charge in [-0.2, -0.15) is 0 Å². The van der Waals surface area contributed by atoms with Gasteiger partial charge in [-0.3, -0.25) is 9.59 Å². The molecule has 0 radical (unpaired) electrons. The molecule has 22 heavy (non-hydrogen) atoms. The fourth-order valence-electron chi connectivity index (χ4n) is 2.52. The number of benzene rings is 2. The van der Waals surface area contributed by atoms with E-state index in [0.29, 0.717) is 9.69 Å². The number of ether oxygens (including phenoxy) is 1. The summed E-state index contributed by atoms with van der Waals surface area (Å²) in [5, 5.41) is 1.32. The highest BCUT2D eigenvalue weighted by Gasteiger charge is 2.43. The van der Waals surface area contributed by atoms with Crippen LogP contribution in [-0.4, -0.2) is 37.8 Å². The van der Waals surface area contributed by atoms with Crippen molar-refractivity contribution in [3.8, 4) is 0 Å². The predicted octanol–water partition coefficient (Wildman–Crippen LogP) is 1.55. The van der Waals surface area contributed by atoms with Gasteiger partial charge in [0.15, 0.2) is 0 Å². The van der Waals surface area contributed by atoms with E-state index in [2.05, 4.69) is 0 Å². The van der Waals surface area contributed by atoms with Crippen LogP contribution in [0.4, 0.5) is 0 Å². The number of hydrogen-bond acceptors (Lipinski definition) is 5. The number of carbonyl (C=O) groups is 2. The third kappa shape index (κ3) is 2.05. The van der Waals surface area contributed by atoms with E-state index in [9.17, 15) is 18.0 Å². The molecular weight excluding hydrogens is 306 g/mol. The van der Waals surface area contributed by atoms with Crippen molar-refractivity contribution in [2.75, 3.05) is 13.2 Å². The van der Waals surface area contributed by atoms with Crippen LogP contribution in [0.1, 0.15) is 17.3 Å². The number of hydrogen-bond donors (Lipinski definition) is 0. The number of amides is 1. The fraction of sp³-hybridized carbons (Fsp3) is 0.200. The van der Waals surface area contributed by atoms with Gasteiger partial charge >= 0.3 is 5.97 Å². The summed E-state index contributed by atoms with van der Waals surface area (Å²) in [7, 11) is -4.02. The normalized spacial score (nSPS) is 15.9. The van der Waals surface area contributed by atoms with Gasteiger partial charge in [-0.15, -0.1) is 0 Å². The maximum atomic E-state index is 12.5. The van der Waals surface area contributed by atoms with E-state index in [1.807, 2.05) is 0 Å². The van der Waals surface area contributed by atoms with Gasteiger partial charge in [-0.25, -0.2) is 12.7 Å². The Bertz CT molecular complexity index is 888. The largest absolute Gasteiger partial charge is 0.465 e. The molecule has 1 aliphatic rings. The zero-order valence-electron chi connectivity index (χ0n) is 11.8. The molecule has 0 bridgehead atoms. The zero-order chi connectivity index (χ0) is 15.9. The van der Waals surface area contributed by atoms with Crippen LogP contribution in [0.3, 0.4) is 0 Å². The second-order valence-electron chi connectivity index (χ2n) is 4.78. The second-order valence-corrected chi connectivity index (χ2v) is 6.61. The Morgan fingerprint density at radius 3 is 2.64 bits per heavy atom. The van der Waals surface area contributed by atoms with E-state index in [0.717, 1.165) is 5.39 Å². The van der Waals surface area contributed by atoms with Crippen molar-refractivity contribution in [1.82, 2.24) is 4.31 Å². The summed E-state index contributed by atoms with van der Waals surface area (Å²) >= 11 is 0. The Morgan fingerprint density at radius 1 is 1.18 bits per heavy atom. The lowest BCUT2D eigenvalue weighted by molar-refractivity contribution is -0.142. The number of fused-ring (bicyclic) bond motifs is 3. The molecular formula is C15H13NO5S. The SMILES string of the molecule is CCOC(=O)CN1C(=O)c2c(ccc3ccccc23)S1(=O)=O. The summed E-state index contributed by atoms with van der Waals surface area (Å²) < 4.78 is 30.3. The quantitative estimate of drug-likeness (QED) is 0.802. The van der Waals surface area contributed by atoms with Crippen molar-refractivity contribution in [3.05, 3.63) is 42.0 Å². The summed E-state index contributed by atoms with van der Waals surface area (Å²) in [5.41, 5.74) is 0.113. The third-order valence-corrected chi connectivity index (χ3v) is 5.25. The first-order chi connectivity index (χ1) is 10.5. The standard InChI is InChI=1S/C15H13NO5S/c1-2-21-13(17)9-16-15(18)14-11-6-4-3-5-10(11)7-8-12(14)22(16,19)20/h3-8H,2,9H2,1H3. The van der Waals surface area contributed by atoms with Gasteiger partial charge in [0, 0.05) is 0 Å². The minimum absolute atomic E-state index is 0.0690. The molecule has 7 heteroatoms. The van der Waals surface area contributed by atoms with E-state index in [1.54, 1.807) is 37.3 Å². The fourth-order valence-corrected chi connectivity index (χ4v) is 4.04. The van der Waals surface area contributed by atoms with Crippen LogP contribution < -0.4 is 0 Å². The van der Waals surface area contributed by atoms with Crippen LogP contribution in [0.15, 0.2) is 41.3 Å². The van der Waals surface area contributed by atoms with Crippen molar-refractivity contribution in [1.29, 1.82) is 0 Å². The first kappa shape index (κ1) is 14.5. The maximum absolute atomic E-state index is 12.5.